The summed E-state index contributed by atoms with van der Waals surface area (Å²) in [4.78, 5) is 4.34. The first-order valence-corrected chi connectivity index (χ1v) is 8.35. The van der Waals surface area contributed by atoms with Crippen molar-refractivity contribution in [3.63, 3.8) is 0 Å². The summed E-state index contributed by atoms with van der Waals surface area (Å²) in [5.74, 6) is 0.496. The number of rotatable bonds is 3. The lowest BCUT2D eigenvalue weighted by molar-refractivity contribution is -0.141. The summed E-state index contributed by atoms with van der Waals surface area (Å²) in [6.45, 7) is 7.46. The molecule has 7 heteroatoms. The highest BCUT2D eigenvalue weighted by molar-refractivity contribution is 5.69. The van der Waals surface area contributed by atoms with E-state index < -0.39 is 11.9 Å². The largest absolute Gasteiger partial charge is 0.435 e. The number of nitrogens with zero attached hydrogens (tertiary/aromatic N) is 4. The smallest absolute Gasteiger partial charge is 0.353 e. The number of aromatic nitrogens is 2. The first kappa shape index (κ1) is 17.7. The zero-order chi connectivity index (χ0) is 18.0. The van der Waals surface area contributed by atoms with Crippen LogP contribution in [0.3, 0.4) is 0 Å². The molecule has 1 aliphatic heterocycles. The van der Waals surface area contributed by atoms with Gasteiger partial charge in [-0.1, -0.05) is 30.3 Å². The Balaban J connectivity index is 1.93. The second kappa shape index (κ2) is 7.00. The summed E-state index contributed by atoms with van der Waals surface area (Å²) in [7, 11) is 0. The van der Waals surface area contributed by atoms with Crippen molar-refractivity contribution in [1.82, 2.24) is 15.1 Å². The van der Waals surface area contributed by atoms with Gasteiger partial charge in [0, 0.05) is 37.8 Å². The van der Waals surface area contributed by atoms with Crippen molar-refractivity contribution in [3.8, 4) is 11.1 Å². The fourth-order valence-corrected chi connectivity index (χ4v) is 3.05. The molecule has 0 saturated carbocycles. The summed E-state index contributed by atoms with van der Waals surface area (Å²) < 4.78 is 40.0. The number of hydrogen-bond donors (Lipinski definition) is 0. The number of piperazine rings is 1. The Morgan fingerprint density at radius 1 is 0.960 bits per heavy atom. The lowest BCUT2D eigenvalue weighted by Crippen LogP contribution is -2.49. The molecule has 0 spiro atoms. The molecule has 1 aromatic heterocycles. The van der Waals surface area contributed by atoms with Crippen molar-refractivity contribution in [1.29, 1.82) is 0 Å². The van der Waals surface area contributed by atoms with Gasteiger partial charge in [0.15, 0.2) is 11.5 Å². The molecule has 2 aromatic rings. The van der Waals surface area contributed by atoms with E-state index in [2.05, 4.69) is 28.9 Å². The minimum absolute atomic E-state index is 0.0735. The first-order chi connectivity index (χ1) is 11.9. The number of hydrogen-bond acceptors (Lipinski definition) is 4. The normalized spacial score (nSPS) is 16.5. The maximum atomic E-state index is 13.3. The lowest BCUT2D eigenvalue weighted by Gasteiger charge is -2.37. The average molecular weight is 350 g/mol. The van der Waals surface area contributed by atoms with Crippen LogP contribution in [0, 0.1) is 0 Å². The molecule has 0 radical (unpaired) electrons. The number of alkyl halides is 3. The molecule has 2 heterocycles. The molecular weight excluding hydrogens is 329 g/mol. The van der Waals surface area contributed by atoms with Crippen LogP contribution in [0.2, 0.25) is 0 Å². The quantitative estimate of drug-likeness (QED) is 0.845. The summed E-state index contributed by atoms with van der Waals surface area (Å²) in [6, 6.07) is 10.5. The maximum Gasteiger partial charge on any atom is 0.435 e. The van der Waals surface area contributed by atoms with Crippen molar-refractivity contribution in [3.05, 3.63) is 42.1 Å². The summed E-state index contributed by atoms with van der Waals surface area (Å²) >= 11 is 0. The lowest BCUT2D eigenvalue weighted by atomic mass is 10.0. The predicted molar refractivity (Wildman–Crippen MR) is 91.4 cm³/mol. The van der Waals surface area contributed by atoms with Crippen LogP contribution in [-0.4, -0.2) is 47.3 Å². The van der Waals surface area contributed by atoms with Crippen LogP contribution in [0.15, 0.2) is 36.4 Å². The summed E-state index contributed by atoms with van der Waals surface area (Å²) in [5.41, 5.74) is -0.376. The van der Waals surface area contributed by atoms with Crippen LogP contribution >= 0.6 is 0 Å². The molecule has 25 heavy (non-hydrogen) atoms. The van der Waals surface area contributed by atoms with Crippen molar-refractivity contribution in [2.75, 3.05) is 31.1 Å². The molecule has 1 saturated heterocycles. The van der Waals surface area contributed by atoms with Crippen molar-refractivity contribution >= 4 is 5.82 Å². The Labute approximate surface area is 145 Å². The van der Waals surface area contributed by atoms with Gasteiger partial charge in [0.2, 0.25) is 0 Å². The third-order valence-electron chi connectivity index (χ3n) is 4.50. The Hall–Kier alpha value is -2.15. The maximum absolute atomic E-state index is 13.3. The molecule has 0 N–H and O–H groups in total. The Morgan fingerprint density at radius 3 is 2.16 bits per heavy atom. The molecule has 4 nitrogen and oxygen atoms in total. The highest BCUT2D eigenvalue weighted by atomic mass is 19.4. The molecule has 0 atom stereocenters. The Bertz CT molecular complexity index is 708. The topological polar surface area (TPSA) is 32.3 Å². The third kappa shape index (κ3) is 3.92. The highest BCUT2D eigenvalue weighted by Crippen LogP contribution is 2.36. The molecular formula is C18H21F3N4. The fourth-order valence-electron chi connectivity index (χ4n) is 3.05. The minimum atomic E-state index is -4.53. The second-order valence-corrected chi connectivity index (χ2v) is 6.45. The van der Waals surface area contributed by atoms with Gasteiger partial charge < -0.3 is 4.90 Å². The van der Waals surface area contributed by atoms with E-state index in [1.165, 1.54) is 6.07 Å². The molecule has 0 aliphatic carbocycles. The standard InChI is InChI=1S/C18H21F3N4/c1-13(2)24-8-10-25(11-9-24)16-12-15(14-6-4-3-5-7-14)17(23-22-16)18(19,20)21/h3-7,12-13H,8-11H2,1-2H3. The van der Waals surface area contributed by atoms with Crippen molar-refractivity contribution < 1.29 is 13.2 Å². The molecule has 0 unspecified atom stereocenters. The average Bonchev–Trinajstić information content (AvgIpc) is 2.61. The van der Waals surface area contributed by atoms with Gasteiger partial charge in [0.25, 0.3) is 0 Å². The number of benzene rings is 1. The predicted octanol–water partition coefficient (Wildman–Crippen LogP) is 3.69. The van der Waals surface area contributed by atoms with E-state index in [1.807, 2.05) is 4.90 Å². The van der Waals surface area contributed by atoms with Crippen LogP contribution in [0.4, 0.5) is 19.0 Å². The van der Waals surface area contributed by atoms with Gasteiger partial charge in [-0.15, -0.1) is 10.2 Å². The van der Waals surface area contributed by atoms with Crippen LogP contribution in [0.1, 0.15) is 19.5 Å². The van der Waals surface area contributed by atoms with E-state index in [0.29, 0.717) is 17.4 Å². The zero-order valence-corrected chi connectivity index (χ0v) is 14.3. The van der Waals surface area contributed by atoms with Crippen molar-refractivity contribution in [2.45, 2.75) is 26.1 Å². The van der Waals surface area contributed by atoms with Crippen molar-refractivity contribution in [2.24, 2.45) is 0 Å². The molecule has 3 rings (SSSR count). The molecule has 134 valence electrons. The van der Waals surface area contributed by atoms with Gasteiger partial charge in [0.1, 0.15) is 0 Å². The second-order valence-electron chi connectivity index (χ2n) is 6.45. The Kier molecular flexibility index (Phi) is 4.94. The van der Waals surface area contributed by atoms with Gasteiger partial charge in [-0.05, 0) is 25.5 Å². The van der Waals surface area contributed by atoms with E-state index in [1.54, 1.807) is 30.3 Å². The molecule has 0 bridgehead atoms. The van der Waals surface area contributed by atoms with Gasteiger partial charge in [-0.3, -0.25) is 4.90 Å². The number of halogens is 3. The highest BCUT2D eigenvalue weighted by Gasteiger charge is 2.37. The van der Waals surface area contributed by atoms with Crippen LogP contribution in [0.25, 0.3) is 11.1 Å². The molecule has 0 amide bonds. The molecule has 1 aromatic carbocycles. The molecule has 1 aliphatic rings. The number of anilines is 1. The van der Waals surface area contributed by atoms with E-state index in [0.717, 1.165) is 26.2 Å². The fraction of sp³-hybridized carbons (Fsp3) is 0.444. The van der Waals surface area contributed by atoms with Crippen LogP contribution in [-0.2, 0) is 6.18 Å². The van der Waals surface area contributed by atoms with Gasteiger partial charge >= 0.3 is 6.18 Å². The van der Waals surface area contributed by atoms with E-state index in [4.69, 9.17) is 0 Å². The summed E-state index contributed by atoms with van der Waals surface area (Å²) in [5, 5.41) is 7.39. The van der Waals surface area contributed by atoms with E-state index in [-0.39, 0.29) is 5.56 Å². The molecule has 1 fully saturated rings. The van der Waals surface area contributed by atoms with Gasteiger partial charge in [0.05, 0.1) is 0 Å². The third-order valence-corrected chi connectivity index (χ3v) is 4.50. The monoisotopic (exact) mass is 350 g/mol. The van der Waals surface area contributed by atoms with Gasteiger partial charge in [-0.25, -0.2) is 0 Å². The van der Waals surface area contributed by atoms with Crippen LogP contribution < -0.4 is 4.90 Å². The van der Waals surface area contributed by atoms with E-state index in [9.17, 15) is 13.2 Å². The van der Waals surface area contributed by atoms with Gasteiger partial charge in [-0.2, -0.15) is 13.2 Å². The van der Waals surface area contributed by atoms with Crippen LogP contribution in [0.5, 0.6) is 0 Å². The SMILES string of the molecule is CC(C)N1CCN(c2cc(-c3ccccc3)c(C(F)(F)F)nn2)CC1. The Morgan fingerprint density at radius 2 is 1.60 bits per heavy atom. The van der Waals surface area contributed by atoms with E-state index >= 15 is 0 Å². The zero-order valence-electron chi connectivity index (χ0n) is 14.3. The minimum Gasteiger partial charge on any atom is -0.353 e. The summed E-state index contributed by atoms with van der Waals surface area (Å²) in [6.07, 6.45) is -4.53. The first-order valence-electron chi connectivity index (χ1n) is 8.35.